The van der Waals surface area contributed by atoms with E-state index in [1.165, 1.54) is 0 Å². The van der Waals surface area contributed by atoms with Gasteiger partial charge in [-0.1, -0.05) is 11.6 Å². The Morgan fingerprint density at radius 2 is 2.18 bits per heavy atom. The topological polar surface area (TPSA) is 47.9 Å². The number of fused-ring (bicyclic) bond motifs is 1. The fraction of sp³-hybridized carbons (Fsp3) is 0.417. The van der Waals surface area contributed by atoms with E-state index >= 15 is 0 Å². The molecule has 88 valence electrons. The minimum Gasteiger partial charge on any atom is -0.454 e. The summed E-state index contributed by atoms with van der Waals surface area (Å²) in [6, 6.07) is 3.52. The van der Waals surface area contributed by atoms with Gasteiger partial charge in [0.15, 0.2) is 11.5 Å². The molecule has 1 heterocycles. The van der Waals surface area contributed by atoms with Gasteiger partial charge >= 0.3 is 0 Å². The average molecular weight is 252 g/mol. The number of hydrogen-bond donors (Lipinski definition) is 0. The summed E-state index contributed by atoms with van der Waals surface area (Å²) < 4.78 is 10.8. The highest BCUT2D eigenvalue weighted by molar-refractivity contribution is 6.31. The molecule has 3 rings (SSSR count). The van der Waals surface area contributed by atoms with Crippen molar-refractivity contribution in [2.75, 3.05) is 6.79 Å². The van der Waals surface area contributed by atoms with Crippen molar-refractivity contribution in [2.24, 2.45) is 4.99 Å². The molecule has 0 unspecified atom stereocenters. The van der Waals surface area contributed by atoms with Crippen LogP contribution < -0.4 is 9.47 Å². The second-order valence-electron chi connectivity index (χ2n) is 4.24. The molecule has 1 fully saturated rings. The summed E-state index contributed by atoms with van der Waals surface area (Å²) in [5.74, 6) is 1.29. The van der Waals surface area contributed by atoms with E-state index in [2.05, 4.69) is 4.99 Å². The molecule has 0 saturated heterocycles. The Morgan fingerprint density at radius 3 is 2.82 bits per heavy atom. The van der Waals surface area contributed by atoms with Crippen LogP contribution in [0.3, 0.4) is 0 Å². The average Bonchev–Trinajstić information content (AvgIpc) is 2.72. The van der Waals surface area contributed by atoms with Crippen molar-refractivity contribution in [2.45, 2.75) is 24.8 Å². The molecule has 0 amide bonds. The fourth-order valence-electron chi connectivity index (χ4n) is 2.40. The number of nitrogens with zero attached hydrogens (tertiary/aromatic N) is 1. The molecule has 0 atom stereocenters. The van der Waals surface area contributed by atoms with Crippen molar-refractivity contribution in [3.63, 3.8) is 0 Å². The predicted molar refractivity (Wildman–Crippen MR) is 61.2 cm³/mol. The summed E-state index contributed by atoms with van der Waals surface area (Å²) in [6.07, 6.45) is 4.25. The van der Waals surface area contributed by atoms with E-state index in [1.807, 2.05) is 0 Å². The third-order valence-electron chi connectivity index (χ3n) is 3.39. The summed E-state index contributed by atoms with van der Waals surface area (Å²) in [5.41, 5.74) is 0.210. The van der Waals surface area contributed by atoms with Crippen molar-refractivity contribution in [1.29, 1.82) is 0 Å². The van der Waals surface area contributed by atoms with Gasteiger partial charge in [-0.2, -0.15) is 4.99 Å². The lowest BCUT2D eigenvalue weighted by Gasteiger charge is -2.37. The Balaban J connectivity index is 2.20. The van der Waals surface area contributed by atoms with Gasteiger partial charge in [0.25, 0.3) is 0 Å². The molecule has 1 aliphatic heterocycles. The van der Waals surface area contributed by atoms with Crippen molar-refractivity contribution in [3.8, 4) is 11.5 Å². The number of ether oxygens (including phenoxy) is 2. The number of hydrogen-bond acceptors (Lipinski definition) is 4. The molecule has 1 aliphatic carbocycles. The summed E-state index contributed by atoms with van der Waals surface area (Å²) in [7, 11) is 0. The van der Waals surface area contributed by atoms with E-state index in [0.717, 1.165) is 24.8 Å². The van der Waals surface area contributed by atoms with Crippen molar-refractivity contribution in [3.05, 3.63) is 22.7 Å². The molecule has 17 heavy (non-hydrogen) atoms. The Bertz CT molecular complexity index is 519. The molecule has 1 aromatic carbocycles. The first-order valence-electron chi connectivity index (χ1n) is 5.44. The van der Waals surface area contributed by atoms with Gasteiger partial charge in [-0.15, -0.1) is 0 Å². The summed E-state index contributed by atoms with van der Waals surface area (Å²) in [6.45, 7) is 0.184. The van der Waals surface area contributed by atoms with Crippen molar-refractivity contribution < 1.29 is 14.3 Å². The third-order valence-corrected chi connectivity index (χ3v) is 3.71. The molecule has 0 aromatic heterocycles. The van der Waals surface area contributed by atoms with Gasteiger partial charge in [0.05, 0.1) is 5.02 Å². The molecule has 0 spiro atoms. The first-order chi connectivity index (χ1) is 8.27. The number of aliphatic imine (C=N–C) groups is 1. The van der Waals surface area contributed by atoms with E-state index in [-0.39, 0.29) is 6.79 Å². The molecule has 4 nitrogen and oxygen atoms in total. The van der Waals surface area contributed by atoms with E-state index in [1.54, 1.807) is 18.2 Å². The molecule has 2 aliphatic rings. The number of carbonyl (C=O) groups excluding carboxylic acids is 1. The zero-order valence-electron chi connectivity index (χ0n) is 9.03. The van der Waals surface area contributed by atoms with E-state index in [9.17, 15) is 4.79 Å². The van der Waals surface area contributed by atoms with E-state index < -0.39 is 5.54 Å². The van der Waals surface area contributed by atoms with Crippen LogP contribution in [0.5, 0.6) is 11.5 Å². The molecular formula is C12H10ClNO3. The monoisotopic (exact) mass is 251 g/mol. The lowest BCUT2D eigenvalue weighted by molar-refractivity contribution is 0.168. The van der Waals surface area contributed by atoms with Crippen LogP contribution in [0.4, 0.5) is 0 Å². The van der Waals surface area contributed by atoms with Crippen LogP contribution in [0, 0.1) is 0 Å². The van der Waals surface area contributed by atoms with Crippen LogP contribution in [0.25, 0.3) is 0 Å². The minimum absolute atomic E-state index is 0.184. The van der Waals surface area contributed by atoms with E-state index in [4.69, 9.17) is 21.1 Å². The van der Waals surface area contributed by atoms with Gasteiger partial charge in [0, 0.05) is 5.56 Å². The lowest BCUT2D eigenvalue weighted by atomic mass is 9.72. The number of halogens is 1. The highest BCUT2D eigenvalue weighted by Gasteiger charge is 2.44. The van der Waals surface area contributed by atoms with Crippen LogP contribution in [-0.4, -0.2) is 12.9 Å². The van der Waals surface area contributed by atoms with Gasteiger partial charge in [-0.25, -0.2) is 4.79 Å². The third kappa shape index (κ3) is 1.45. The van der Waals surface area contributed by atoms with Gasteiger partial charge in [-0.3, -0.25) is 0 Å². The summed E-state index contributed by atoms with van der Waals surface area (Å²) in [4.78, 5) is 14.5. The second-order valence-corrected chi connectivity index (χ2v) is 4.65. The Morgan fingerprint density at radius 1 is 1.35 bits per heavy atom. The van der Waals surface area contributed by atoms with Gasteiger partial charge in [-0.05, 0) is 31.4 Å². The van der Waals surface area contributed by atoms with Crippen molar-refractivity contribution in [1.82, 2.24) is 0 Å². The van der Waals surface area contributed by atoms with Crippen molar-refractivity contribution >= 4 is 17.7 Å². The molecule has 0 bridgehead atoms. The minimum atomic E-state index is -0.558. The maximum atomic E-state index is 10.6. The van der Waals surface area contributed by atoms with Crippen LogP contribution in [0.1, 0.15) is 24.8 Å². The standard InChI is InChI=1S/C12H10ClNO3/c13-8-2-3-9-11(17-7-16-9)10(8)12(14-6-15)4-1-5-12/h2-3H,1,4-5,7H2. The fourth-order valence-corrected chi connectivity index (χ4v) is 2.72. The molecular weight excluding hydrogens is 242 g/mol. The summed E-state index contributed by atoms with van der Waals surface area (Å²) in [5, 5.41) is 0.563. The Labute approximate surface area is 103 Å². The normalized spacial score (nSPS) is 19.4. The Kier molecular flexibility index (Phi) is 2.35. The molecule has 0 radical (unpaired) electrons. The van der Waals surface area contributed by atoms with Crippen LogP contribution >= 0.6 is 11.6 Å². The lowest BCUT2D eigenvalue weighted by Crippen LogP contribution is -2.32. The molecule has 5 heteroatoms. The first kappa shape index (κ1) is 10.6. The van der Waals surface area contributed by atoms with Crippen LogP contribution in [0.2, 0.25) is 5.02 Å². The maximum absolute atomic E-state index is 10.6. The predicted octanol–water partition coefficient (Wildman–Crippen LogP) is 2.78. The smallest absolute Gasteiger partial charge is 0.235 e. The van der Waals surface area contributed by atoms with Crippen LogP contribution in [-0.2, 0) is 10.3 Å². The quantitative estimate of drug-likeness (QED) is 0.600. The van der Waals surface area contributed by atoms with Crippen LogP contribution in [0.15, 0.2) is 17.1 Å². The molecule has 0 N–H and O–H groups in total. The number of isocyanates is 1. The second kappa shape index (κ2) is 3.76. The number of rotatable bonds is 2. The Hall–Kier alpha value is -1.51. The SMILES string of the molecule is O=C=NC1(c2c(Cl)ccc3c2OCO3)CCC1. The van der Waals surface area contributed by atoms with Gasteiger partial charge in [0.2, 0.25) is 12.9 Å². The summed E-state index contributed by atoms with van der Waals surface area (Å²) >= 11 is 6.22. The highest BCUT2D eigenvalue weighted by atomic mass is 35.5. The zero-order valence-corrected chi connectivity index (χ0v) is 9.79. The largest absolute Gasteiger partial charge is 0.454 e. The molecule has 1 saturated carbocycles. The first-order valence-corrected chi connectivity index (χ1v) is 5.82. The number of benzene rings is 1. The molecule has 1 aromatic rings. The maximum Gasteiger partial charge on any atom is 0.235 e. The highest BCUT2D eigenvalue weighted by Crippen LogP contribution is 2.54. The van der Waals surface area contributed by atoms with Gasteiger partial charge < -0.3 is 9.47 Å². The van der Waals surface area contributed by atoms with E-state index in [0.29, 0.717) is 16.5 Å². The van der Waals surface area contributed by atoms with Gasteiger partial charge in [0.1, 0.15) is 5.54 Å². The zero-order chi connectivity index (χ0) is 11.9.